The molecule has 1 aliphatic heterocycles. The molecule has 0 atom stereocenters. The van der Waals surface area contributed by atoms with Crippen molar-refractivity contribution in [2.45, 2.75) is 5.41 Å². The summed E-state index contributed by atoms with van der Waals surface area (Å²) in [7, 11) is 0. The quantitative estimate of drug-likeness (QED) is 0.194. The molecule has 0 radical (unpaired) electrons. The van der Waals surface area contributed by atoms with E-state index in [1.165, 1.54) is 21.9 Å². The van der Waals surface area contributed by atoms with Crippen LogP contribution in [0.1, 0.15) is 22.3 Å². The highest BCUT2D eigenvalue weighted by atomic mass is 16.5. The fraction of sp³-hybridized carbons (Fsp3) is 0.0213. The van der Waals surface area contributed by atoms with Gasteiger partial charge in [-0.1, -0.05) is 158 Å². The van der Waals surface area contributed by atoms with Gasteiger partial charge in [-0.25, -0.2) is 0 Å². The zero-order chi connectivity index (χ0) is 32.4. The van der Waals surface area contributed by atoms with Crippen LogP contribution in [0.25, 0.3) is 55.0 Å². The molecule has 49 heavy (non-hydrogen) atoms. The van der Waals surface area contributed by atoms with Crippen LogP contribution in [0.5, 0.6) is 11.5 Å². The second-order valence-electron chi connectivity index (χ2n) is 12.8. The molecule has 0 bridgehead atoms. The smallest absolute Gasteiger partial charge is 0.136 e. The van der Waals surface area contributed by atoms with Gasteiger partial charge in [0, 0.05) is 21.9 Å². The highest BCUT2D eigenvalue weighted by molar-refractivity contribution is 6.23. The fourth-order valence-electron chi connectivity index (χ4n) is 8.16. The summed E-state index contributed by atoms with van der Waals surface area (Å²) in [4.78, 5) is 0. The number of furan rings is 1. The molecule has 0 aliphatic carbocycles. The number of para-hydroxylation sites is 1. The molecule has 0 unspecified atom stereocenters. The highest BCUT2D eigenvalue weighted by Gasteiger charge is 2.45. The van der Waals surface area contributed by atoms with Crippen molar-refractivity contribution >= 4 is 32.7 Å². The van der Waals surface area contributed by atoms with E-state index in [0.29, 0.717) is 0 Å². The van der Waals surface area contributed by atoms with Crippen LogP contribution in [0, 0.1) is 0 Å². The van der Waals surface area contributed by atoms with E-state index in [1.54, 1.807) is 0 Å². The second kappa shape index (κ2) is 10.8. The highest BCUT2D eigenvalue weighted by Crippen LogP contribution is 2.56. The lowest BCUT2D eigenvalue weighted by molar-refractivity contribution is 0.435. The molecule has 0 fully saturated rings. The van der Waals surface area contributed by atoms with Crippen molar-refractivity contribution in [3.63, 3.8) is 0 Å². The second-order valence-corrected chi connectivity index (χ2v) is 12.8. The largest absolute Gasteiger partial charge is 0.457 e. The maximum atomic E-state index is 6.83. The first-order chi connectivity index (χ1) is 24.3. The van der Waals surface area contributed by atoms with Crippen molar-refractivity contribution < 1.29 is 9.15 Å². The Balaban J connectivity index is 1.22. The molecule has 9 aromatic rings. The van der Waals surface area contributed by atoms with Crippen LogP contribution in [0.4, 0.5) is 0 Å². The Bertz CT molecular complexity index is 2650. The third-order valence-corrected chi connectivity index (χ3v) is 10.2. The molecule has 1 aliphatic rings. The predicted molar refractivity (Wildman–Crippen MR) is 200 cm³/mol. The van der Waals surface area contributed by atoms with Gasteiger partial charge < -0.3 is 9.15 Å². The SMILES string of the molecule is c1ccc(C2(c3ccccc3)c3ccccc3Oc3cc(-c4ccccc4-c4cccc5oc6ccc7ccccc7c6c45)ccc32)cc1. The molecule has 0 N–H and O–H groups in total. The molecule has 0 saturated heterocycles. The van der Waals surface area contributed by atoms with Crippen molar-refractivity contribution in [3.05, 3.63) is 204 Å². The van der Waals surface area contributed by atoms with Crippen molar-refractivity contribution in [2.75, 3.05) is 0 Å². The standard InChI is InChI=1S/C47H30O2/c1-3-15-33(16-4-1)47(34-17-5-2-6-18-34)39-23-11-12-24-41(39)48-44-30-32(26-28-40(44)47)35-19-9-10-21-37(35)38-22-13-25-42-46(38)45-36-20-8-7-14-31(36)27-29-43(45)49-42/h1-30H. The van der Waals surface area contributed by atoms with Crippen LogP contribution in [-0.4, -0.2) is 0 Å². The Kier molecular flexibility index (Phi) is 6.13. The number of benzene rings is 8. The zero-order valence-corrected chi connectivity index (χ0v) is 26.6. The van der Waals surface area contributed by atoms with Crippen molar-refractivity contribution in [3.8, 4) is 33.8 Å². The van der Waals surface area contributed by atoms with Crippen molar-refractivity contribution in [1.29, 1.82) is 0 Å². The topological polar surface area (TPSA) is 22.4 Å². The number of ether oxygens (including phenoxy) is 1. The fourth-order valence-corrected chi connectivity index (χ4v) is 8.16. The van der Waals surface area contributed by atoms with E-state index in [-0.39, 0.29) is 0 Å². The van der Waals surface area contributed by atoms with Crippen LogP contribution in [0.3, 0.4) is 0 Å². The van der Waals surface area contributed by atoms with Gasteiger partial charge in [-0.05, 0) is 68.4 Å². The Hall–Kier alpha value is -6.38. The van der Waals surface area contributed by atoms with Gasteiger partial charge in [0.25, 0.3) is 0 Å². The maximum Gasteiger partial charge on any atom is 0.136 e. The van der Waals surface area contributed by atoms with E-state index in [9.17, 15) is 0 Å². The van der Waals surface area contributed by atoms with Crippen molar-refractivity contribution in [2.24, 2.45) is 0 Å². The van der Waals surface area contributed by atoms with Gasteiger partial charge in [-0.15, -0.1) is 0 Å². The number of rotatable bonds is 4. The Morgan fingerprint density at radius 2 is 1.02 bits per heavy atom. The molecule has 0 saturated carbocycles. The van der Waals surface area contributed by atoms with E-state index in [0.717, 1.165) is 66.8 Å². The summed E-state index contributed by atoms with van der Waals surface area (Å²) in [6.07, 6.45) is 0. The van der Waals surface area contributed by atoms with Crippen molar-refractivity contribution in [1.82, 2.24) is 0 Å². The first-order valence-electron chi connectivity index (χ1n) is 16.8. The van der Waals surface area contributed by atoms with Gasteiger partial charge in [0.1, 0.15) is 22.7 Å². The van der Waals surface area contributed by atoms with E-state index in [2.05, 4.69) is 182 Å². The van der Waals surface area contributed by atoms with Gasteiger partial charge in [-0.3, -0.25) is 0 Å². The molecule has 10 rings (SSSR count). The van der Waals surface area contributed by atoms with Gasteiger partial charge in [0.05, 0.1) is 5.41 Å². The summed E-state index contributed by atoms with van der Waals surface area (Å²) < 4.78 is 13.3. The van der Waals surface area contributed by atoms with Crippen LogP contribution < -0.4 is 4.74 Å². The zero-order valence-electron chi connectivity index (χ0n) is 26.6. The molecule has 2 heterocycles. The minimum absolute atomic E-state index is 0.549. The summed E-state index contributed by atoms with van der Waals surface area (Å²) in [6, 6.07) is 64.8. The Morgan fingerprint density at radius 1 is 0.388 bits per heavy atom. The lowest BCUT2D eigenvalue weighted by Gasteiger charge is -2.41. The molecular weight excluding hydrogens is 597 g/mol. The van der Waals surface area contributed by atoms with Crippen LogP contribution >= 0.6 is 0 Å². The van der Waals surface area contributed by atoms with Crippen LogP contribution in [0.2, 0.25) is 0 Å². The number of fused-ring (bicyclic) bond motifs is 7. The molecule has 2 heteroatoms. The van der Waals surface area contributed by atoms with E-state index in [1.807, 2.05) is 0 Å². The molecule has 0 spiro atoms. The van der Waals surface area contributed by atoms with E-state index < -0.39 is 5.41 Å². The monoisotopic (exact) mass is 626 g/mol. The van der Waals surface area contributed by atoms with Gasteiger partial charge in [0.15, 0.2) is 0 Å². The summed E-state index contributed by atoms with van der Waals surface area (Å²) in [5.74, 6) is 1.73. The minimum Gasteiger partial charge on any atom is -0.457 e. The van der Waals surface area contributed by atoms with Gasteiger partial charge >= 0.3 is 0 Å². The van der Waals surface area contributed by atoms with E-state index >= 15 is 0 Å². The average molecular weight is 627 g/mol. The molecule has 2 nitrogen and oxygen atoms in total. The van der Waals surface area contributed by atoms with Gasteiger partial charge in [-0.2, -0.15) is 0 Å². The summed E-state index contributed by atoms with van der Waals surface area (Å²) in [6.45, 7) is 0. The lowest BCUT2D eigenvalue weighted by Crippen LogP contribution is -2.34. The minimum atomic E-state index is -0.549. The average Bonchev–Trinajstić information content (AvgIpc) is 3.57. The molecule has 1 aromatic heterocycles. The Morgan fingerprint density at radius 3 is 1.84 bits per heavy atom. The third-order valence-electron chi connectivity index (χ3n) is 10.2. The van der Waals surface area contributed by atoms with Crippen LogP contribution in [0.15, 0.2) is 186 Å². The summed E-state index contributed by atoms with van der Waals surface area (Å²) >= 11 is 0. The molecule has 230 valence electrons. The van der Waals surface area contributed by atoms with E-state index in [4.69, 9.17) is 9.15 Å². The molecule has 8 aromatic carbocycles. The third kappa shape index (κ3) is 4.07. The predicted octanol–water partition coefficient (Wildman–Crippen LogP) is 12.6. The summed E-state index contributed by atoms with van der Waals surface area (Å²) in [5, 5.41) is 4.69. The number of hydrogen-bond donors (Lipinski definition) is 0. The normalized spacial score (nSPS) is 13.2. The lowest BCUT2D eigenvalue weighted by atomic mass is 9.63. The van der Waals surface area contributed by atoms with Gasteiger partial charge in [0.2, 0.25) is 0 Å². The summed E-state index contributed by atoms with van der Waals surface area (Å²) in [5.41, 5.74) is 10.4. The number of hydrogen-bond acceptors (Lipinski definition) is 2. The molecular formula is C47H30O2. The first-order valence-corrected chi connectivity index (χ1v) is 16.8. The maximum absolute atomic E-state index is 6.83. The van der Waals surface area contributed by atoms with Crippen LogP contribution in [-0.2, 0) is 5.41 Å². The Labute approximate surface area is 284 Å². The molecule has 0 amide bonds. The first kappa shape index (κ1) is 27.7.